The molecule has 1 fully saturated rings. The molecule has 4 nitrogen and oxygen atoms in total. The Hall–Kier alpha value is -1.06. The molecule has 1 saturated heterocycles. The minimum absolute atomic E-state index is 0.00644. The molecule has 1 rings (SSSR count). The highest BCUT2D eigenvalue weighted by molar-refractivity contribution is 5.87. The lowest BCUT2D eigenvalue weighted by Gasteiger charge is -2.31. The molecular weight excluding hydrogens is 218 g/mol. The first-order chi connectivity index (χ1) is 7.88. The molecule has 1 unspecified atom stereocenters. The van der Waals surface area contributed by atoms with E-state index in [9.17, 15) is 14.7 Å². The van der Waals surface area contributed by atoms with Crippen molar-refractivity contribution < 1.29 is 14.7 Å². The van der Waals surface area contributed by atoms with E-state index < -0.39 is 11.5 Å². The number of aliphatic carboxylic acids is 1. The Morgan fingerprint density at radius 3 is 2.59 bits per heavy atom. The largest absolute Gasteiger partial charge is 0.480 e. The third kappa shape index (κ3) is 3.20. The third-order valence-corrected chi connectivity index (χ3v) is 3.57. The van der Waals surface area contributed by atoms with Crippen molar-refractivity contribution >= 4 is 11.9 Å². The van der Waals surface area contributed by atoms with Gasteiger partial charge in [0.2, 0.25) is 5.91 Å². The summed E-state index contributed by atoms with van der Waals surface area (Å²) in [6.07, 6.45) is 3.70. The van der Waals surface area contributed by atoms with Gasteiger partial charge in [-0.3, -0.25) is 4.79 Å². The summed E-state index contributed by atoms with van der Waals surface area (Å²) < 4.78 is 0. The van der Waals surface area contributed by atoms with Crippen LogP contribution in [0.2, 0.25) is 0 Å². The summed E-state index contributed by atoms with van der Waals surface area (Å²) in [4.78, 5) is 24.8. The van der Waals surface area contributed by atoms with Crippen LogP contribution in [0.4, 0.5) is 0 Å². The fraction of sp³-hybridized carbons (Fsp3) is 0.846. The van der Waals surface area contributed by atoms with Crippen molar-refractivity contribution in [3.63, 3.8) is 0 Å². The van der Waals surface area contributed by atoms with Crippen LogP contribution in [0.15, 0.2) is 0 Å². The first kappa shape index (κ1) is 14.0. The van der Waals surface area contributed by atoms with Crippen molar-refractivity contribution in [2.45, 2.75) is 58.4 Å². The van der Waals surface area contributed by atoms with Crippen LogP contribution in [0.5, 0.6) is 0 Å². The van der Waals surface area contributed by atoms with E-state index in [1.54, 1.807) is 11.8 Å². The summed E-state index contributed by atoms with van der Waals surface area (Å²) in [6, 6.07) is 0. The average molecular weight is 241 g/mol. The van der Waals surface area contributed by atoms with E-state index in [2.05, 4.69) is 13.8 Å². The number of carboxylic acid groups (broad SMARTS) is 1. The van der Waals surface area contributed by atoms with E-state index in [1.165, 1.54) is 0 Å². The molecule has 0 aliphatic carbocycles. The van der Waals surface area contributed by atoms with E-state index in [0.717, 1.165) is 19.3 Å². The van der Waals surface area contributed by atoms with Gasteiger partial charge in [-0.15, -0.1) is 0 Å². The molecule has 1 atom stereocenters. The molecule has 0 bridgehead atoms. The molecule has 98 valence electrons. The van der Waals surface area contributed by atoms with Crippen molar-refractivity contribution in [3.05, 3.63) is 0 Å². The highest BCUT2D eigenvalue weighted by atomic mass is 16.4. The molecule has 0 aromatic rings. The number of amides is 1. The topological polar surface area (TPSA) is 57.6 Å². The SMILES string of the molecule is CC(C)CCCC(=O)N1CCCC1(C)C(=O)O. The standard InChI is InChI=1S/C13H23NO3/c1-10(2)6-4-7-11(15)14-9-5-8-13(14,3)12(16)17/h10H,4-9H2,1-3H3,(H,16,17). The van der Waals surface area contributed by atoms with Gasteiger partial charge in [-0.2, -0.15) is 0 Å². The second-order valence-corrected chi connectivity index (χ2v) is 5.51. The number of rotatable bonds is 5. The first-order valence-electron chi connectivity index (χ1n) is 6.42. The Kier molecular flexibility index (Phi) is 4.54. The van der Waals surface area contributed by atoms with Crippen LogP contribution < -0.4 is 0 Å². The number of carbonyl (C=O) groups is 2. The van der Waals surface area contributed by atoms with Crippen LogP contribution in [0.3, 0.4) is 0 Å². The van der Waals surface area contributed by atoms with Gasteiger partial charge in [-0.05, 0) is 32.1 Å². The van der Waals surface area contributed by atoms with Crippen LogP contribution in [-0.2, 0) is 9.59 Å². The van der Waals surface area contributed by atoms with Gasteiger partial charge in [0.25, 0.3) is 0 Å². The molecule has 1 heterocycles. The molecule has 0 radical (unpaired) electrons. The minimum atomic E-state index is -0.977. The fourth-order valence-electron chi connectivity index (χ4n) is 2.38. The summed E-state index contributed by atoms with van der Waals surface area (Å²) in [6.45, 7) is 6.50. The maximum atomic E-state index is 12.0. The summed E-state index contributed by atoms with van der Waals surface area (Å²) in [5, 5.41) is 9.21. The van der Waals surface area contributed by atoms with Crippen molar-refractivity contribution in [1.82, 2.24) is 4.90 Å². The van der Waals surface area contributed by atoms with Crippen LogP contribution in [0.25, 0.3) is 0 Å². The number of hydrogen-bond acceptors (Lipinski definition) is 2. The molecule has 1 aliphatic rings. The minimum Gasteiger partial charge on any atom is -0.480 e. The lowest BCUT2D eigenvalue weighted by atomic mass is 9.98. The van der Waals surface area contributed by atoms with Gasteiger partial charge in [0.05, 0.1) is 0 Å². The molecule has 4 heteroatoms. The zero-order chi connectivity index (χ0) is 13.1. The van der Waals surface area contributed by atoms with E-state index >= 15 is 0 Å². The van der Waals surface area contributed by atoms with E-state index in [0.29, 0.717) is 25.3 Å². The normalized spacial score (nSPS) is 24.4. The van der Waals surface area contributed by atoms with Gasteiger partial charge >= 0.3 is 5.97 Å². The van der Waals surface area contributed by atoms with Gasteiger partial charge in [0, 0.05) is 13.0 Å². The second kappa shape index (κ2) is 5.52. The van der Waals surface area contributed by atoms with Crippen molar-refractivity contribution in [3.8, 4) is 0 Å². The smallest absolute Gasteiger partial charge is 0.329 e. The van der Waals surface area contributed by atoms with Crippen LogP contribution in [0, 0.1) is 5.92 Å². The number of hydrogen-bond donors (Lipinski definition) is 1. The molecule has 1 aliphatic heterocycles. The average Bonchev–Trinajstić information content (AvgIpc) is 2.61. The lowest BCUT2D eigenvalue weighted by Crippen LogP contribution is -2.50. The van der Waals surface area contributed by atoms with E-state index in [4.69, 9.17) is 0 Å². The predicted octanol–water partition coefficient (Wildman–Crippen LogP) is 2.28. The Bertz CT molecular complexity index is 301. The van der Waals surface area contributed by atoms with Gasteiger partial charge < -0.3 is 10.0 Å². The molecule has 0 aromatic heterocycles. The van der Waals surface area contributed by atoms with Crippen molar-refractivity contribution in [2.24, 2.45) is 5.92 Å². The summed E-state index contributed by atoms with van der Waals surface area (Å²) >= 11 is 0. The number of carboxylic acids is 1. The summed E-state index contributed by atoms with van der Waals surface area (Å²) in [5.41, 5.74) is -0.977. The van der Waals surface area contributed by atoms with E-state index in [1.807, 2.05) is 0 Å². The third-order valence-electron chi connectivity index (χ3n) is 3.57. The lowest BCUT2D eigenvalue weighted by molar-refractivity contribution is -0.155. The van der Waals surface area contributed by atoms with Crippen LogP contribution in [0.1, 0.15) is 52.9 Å². The number of nitrogens with zero attached hydrogens (tertiary/aromatic N) is 1. The molecule has 1 N–H and O–H groups in total. The maximum Gasteiger partial charge on any atom is 0.329 e. The van der Waals surface area contributed by atoms with Gasteiger partial charge in [-0.1, -0.05) is 20.3 Å². The Morgan fingerprint density at radius 1 is 1.41 bits per heavy atom. The predicted molar refractivity (Wildman–Crippen MR) is 65.7 cm³/mol. The molecule has 0 aromatic carbocycles. The molecule has 17 heavy (non-hydrogen) atoms. The zero-order valence-corrected chi connectivity index (χ0v) is 11.0. The number of carbonyl (C=O) groups excluding carboxylic acids is 1. The maximum absolute atomic E-state index is 12.0. The molecule has 1 amide bonds. The highest BCUT2D eigenvalue weighted by Gasteiger charge is 2.45. The van der Waals surface area contributed by atoms with Gasteiger partial charge in [0.15, 0.2) is 0 Å². The zero-order valence-electron chi connectivity index (χ0n) is 11.0. The summed E-state index contributed by atoms with van der Waals surface area (Å²) in [7, 11) is 0. The highest BCUT2D eigenvalue weighted by Crippen LogP contribution is 2.30. The second-order valence-electron chi connectivity index (χ2n) is 5.51. The molecule has 0 saturated carbocycles. The Morgan fingerprint density at radius 2 is 2.06 bits per heavy atom. The number of likely N-dealkylation sites (tertiary alicyclic amines) is 1. The Labute approximate surface area is 103 Å². The first-order valence-corrected chi connectivity index (χ1v) is 6.42. The van der Waals surface area contributed by atoms with Crippen molar-refractivity contribution in [2.75, 3.05) is 6.54 Å². The fourth-order valence-corrected chi connectivity index (χ4v) is 2.38. The van der Waals surface area contributed by atoms with E-state index in [-0.39, 0.29) is 5.91 Å². The molecule has 0 spiro atoms. The van der Waals surface area contributed by atoms with Crippen molar-refractivity contribution in [1.29, 1.82) is 0 Å². The van der Waals surface area contributed by atoms with Crippen LogP contribution in [-0.4, -0.2) is 34.0 Å². The molecular formula is C13H23NO3. The monoisotopic (exact) mass is 241 g/mol. The quantitative estimate of drug-likeness (QED) is 0.803. The van der Waals surface area contributed by atoms with Crippen LogP contribution >= 0.6 is 0 Å². The van der Waals surface area contributed by atoms with Gasteiger partial charge in [-0.25, -0.2) is 4.79 Å². The summed E-state index contributed by atoms with van der Waals surface area (Å²) in [5.74, 6) is -0.299. The van der Waals surface area contributed by atoms with Gasteiger partial charge in [0.1, 0.15) is 5.54 Å². The Balaban J connectivity index is 2.54.